The van der Waals surface area contributed by atoms with Gasteiger partial charge in [-0.1, -0.05) is 28.1 Å². The van der Waals surface area contributed by atoms with Crippen LogP contribution in [0, 0.1) is 0 Å². The van der Waals surface area contributed by atoms with Crippen molar-refractivity contribution in [3.63, 3.8) is 0 Å². The first-order valence-corrected chi connectivity index (χ1v) is 6.82. The Kier molecular flexibility index (Phi) is 3.31. The third-order valence-corrected chi connectivity index (χ3v) is 3.58. The van der Waals surface area contributed by atoms with E-state index in [1.54, 1.807) is 0 Å². The van der Waals surface area contributed by atoms with Crippen molar-refractivity contribution in [2.24, 2.45) is 5.73 Å². The van der Waals surface area contributed by atoms with Gasteiger partial charge in [-0.3, -0.25) is 4.40 Å². The van der Waals surface area contributed by atoms with Crippen molar-refractivity contribution in [1.82, 2.24) is 14.6 Å². The molecular weight excluding hydrogens is 304 g/mol. The van der Waals surface area contributed by atoms with Crippen molar-refractivity contribution in [3.8, 4) is 0 Å². The highest BCUT2D eigenvalue weighted by Gasteiger charge is 2.06. The van der Waals surface area contributed by atoms with Crippen molar-refractivity contribution in [3.05, 3.63) is 64.0 Å². The Balaban J connectivity index is 1.95. The number of hydrogen-bond donors (Lipinski definition) is 1. The summed E-state index contributed by atoms with van der Waals surface area (Å²) in [7, 11) is 0. The van der Waals surface area contributed by atoms with E-state index in [9.17, 15) is 0 Å². The summed E-state index contributed by atoms with van der Waals surface area (Å²) >= 11 is 3.43. The van der Waals surface area contributed by atoms with E-state index >= 15 is 0 Å². The second kappa shape index (κ2) is 5.11. The molecule has 96 valence electrons. The molecule has 3 rings (SSSR count). The van der Waals surface area contributed by atoms with Crippen LogP contribution in [0.2, 0.25) is 0 Å². The molecule has 4 nitrogen and oxygen atoms in total. The number of fused-ring (bicyclic) bond motifs is 1. The zero-order valence-corrected chi connectivity index (χ0v) is 11.8. The topological polar surface area (TPSA) is 56.2 Å². The lowest BCUT2D eigenvalue weighted by Crippen LogP contribution is -1.99. The molecule has 3 aromatic rings. The highest BCUT2D eigenvalue weighted by Crippen LogP contribution is 2.14. The maximum atomic E-state index is 5.62. The van der Waals surface area contributed by atoms with Crippen molar-refractivity contribution < 1.29 is 0 Å². The van der Waals surface area contributed by atoms with Gasteiger partial charge < -0.3 is 5.73 Å². The molecule has 0 unspecified atom stereocenters. The lowest BCUT2D eigenvalue weighted by atomic mass is 10.1. The Morgan fingerprint density at radius 2 is 1.84 bits per heavy atom. The Bertz CT molecular complexity index is 703. The summed E-state index contributed by atoms with van der Waals surface area (Å²) in [4.78, 5) is 0. The quantitative estimate of drug-likeness (QED) is 0.808. The van der Waals surface area contributed by atoms with Crippen LogP contribution in [0.15, 0.2) is 47.1 Å². The molecule has 19 heavy (non-hydrogen) atoms. The third-order valence-electron chi connectivity index (χ3n) is 3.06. The number of nitrogens with zero attached hydrogens (tertiary/aromatic N) is 3. The van der Waals surface area contributed by atoms with Crippen LogP contribution < -0.4 is 5.73 Å². The summed E-state index contributed by atoms with van der Waals surface area (Å²) in [5.41, 5.74) is 8.74. The highest BCUT2D eigenvalue weighted by molar-refractivity contribution is 9.10. The van der Waals surface area contributed by atoms with Gasteiger partial charge in [0.1, 0.15) is 5.82 Å². The smallest absolute Gasteiger partial charge is 0.161 e. The molecule has 0 bridgehead atoms. The van der Waals surface area contributed by atoms with Crippen molar-refractivity contribution in [2.75, 3.05) is 0 Å². The summed E-state index contributed by atoms with van der Waals surface area (Å²) < 4.78 is 3.08. The van der Waals surface area contributed by atoms with Gasteiger partial charge in [0.05, 0.1) is 0 Å². The Hall–Kier alpha value is -1.72. The molecule has 2 heterocycles. The summed E-state index contributed by atoms with van der Waals surface area (Å²) in [6.45, 7) is 0.519. The van der Waals surface area contributed by atoms with Crippen LogP contribution in [0.25, 0.3) is 5.65 Å². The number of halogens is 1. The molecule has 0 amide bonds. The van der Waals surface area contributed by atoms with Crippen LogP contribution in [-0.2, 0) is 13.0 Å². The predicted octanol–water partition coefficient (Wildman–Crippen LogP) is 2.54. The fraction of sp³-hybridized carbons (Fsp3) is 0.143. The van der Waals surface area contributed by atoms with E-state index in [-0.39, 0.29) is 0 Å². The molecule has 0 fully saturated rings. The van der Waals surface area contributed by atoms with Gasteiger partial charge in [0.15, 0.2) is 5.65 Å². The fourth-order valence-corrected chi connectivity index (χ4v) is 2.28. The van der Waals surface area contributed by atoms with E-state index in [0.717, 1.165) is 27.9 Å². The molecule has 0 aliphatic rings. The average Bonchev–Trinajstić information content (AvgIpc) is 2.83. The summed E-state index contributed by atoms with van der Waals surface area (Å²) in [6.07, 6.45) is 2.74. The lowest BCUT2D eigenvalue weighted by Gasteiger charge is -2.02. The zero-order chi connectivity index (χ0) is 13.2. The number of nitrogens with two attached hydrogens (primary N) is 1. The molecular formula is C14H13BrN4. The van der Waals surface area contributed by atoms with Gasteiger partial charge in [0.25, 0.3) is 0 Å². The van der Waals surface area contributed by atoms with E-state index in [1.807, 2.05) is 34.9 Å². The standard InChI is InChI=1S/C14H13BrN4/c15-12-3-1-10(2-4-12)7-13-17-18-14-8-11(9-16)5-6-19(13)14/h1-6,8H,7,9,16H2. The van der Waals surface area contributed by atoms with Gasteiger partial charge in [-0.25, -0.2) is 0 Å². The minimum Gasteiger partial charge on any atom is -0.326 e. The second-order valence-corrected chi connectivity index (χ2v) is 5.30. The van der Waals surface area contributed by atoms with E-state index in [2.05, 4.69) is 38.3 Å². The Morgan fingerprint density at radius 3 is 2.58 bits per heavy atom. The number of pyridine rings is 1. The summed E-state index contributed by atoms with van der Waals surface area (Å²) in [5.74, 6) is 0.931. The van der Waals surface area contributed by atoms with Crippen LogP contribution in [0.5, 0.6) is 0 Å². The monoisotopic (exact) mass is 316 g/mol. The lowest BCUT2D eigenvalue weighted by molar-refractivity contribution is 0.931. The maximum Gasteiger partial charge on any atom is 0.161 e. The van der Waals surface area contributed by atoms with Crippen LogP contribution in [-0.4, -0.2) is 14.6 Å². The van der Waals surface area contributed by atoms with E-state index < -0.39 is 0 Å². The number of benzene rings is 1. The number of rotatable bonds is 3. The average molecular weight is 317 g/mol. The molecule has 0 saturated carbocycles. The zero-order valence-electron chi connectivity index (χ0n) is 10.3. The molecule has 0 aliphatic carbocycles. The first-order chi connectivity index (χ1) is 9.26. The minimum absolute atomic E-state index is 0.519. The molecule has 0 spiro atoms. The van der Waals surface area contributed by atoms with Crippen LogP contribution in [0.3, 0.4) is 0 Å². The maximum absolute atomic E-state index is 5.62. The largest absolute Gasteiger partial charge is 0.326 e. The van der Waals surface area contributed by atoms with Crippen molar-refractivity contribution in [1.29, 1.82) is 0 Å². The second-order valence-electron chi connectivity index (χ2n) is 4.39. The van der Waals surface area contributed by atoms with Crippen molar-refractivity contribution >= 4 is 21.6 Å². The molecule has 0 radical (unpaired) electrons. The molecule has 0 atom stereocenters. The molecule has 0 saturated heterocycles. The third kappa shape index (κ3) is 2.52. The van der Waals surface area contributed by atoms with E-state index in [4.69, 9.17) is 5.73 Å². The first kappa shape index (κ1) is 12.3. The molecule has 2 aromatic heterocycles. The van der Waals surface area contributed by atoms with Gasteiger partial charge in [0, 0.05) is 23.6 Å². The van der Waals surface area contributed by atoms with Crippen LogP contribution in [0.4, 0.5) is 0 Å². The molecule has 1 aromatic carbocycles. The number of hydrogen-bond acceptors (Lipinski definition) is 3. The fourth-order valence-electron chi connectivity index (χ4n) is 2.01. The summed E-state index contributed by atoms with van der Waals surface area (Å²) in [5, 5.41) is 8.44. The minimum atomic E-state index is 0.519. The van der Waals surface area contributed by atoms with Gasteiger partial charge in [-0.15, -0.1) is 10.2 Å². The Labute approximate surface area is 119 Å². The first-order valence-electron chi connectivity index (χ1n) is 6.03. The molecule has 5 heteroatoms. The summed E-state index contributed by atoms with van der Waals surface area (Å²) in [6, 6.07) is 12.2. The van der Waals surface area contributed by atoms with Gasteiger partial charge in [-0.05, 0) is 35.4 Å². The van der Waals surface area contributed by atoms with Gasteiger partial charge in [-0.2, -0.15) is 0 Å². The van der Waals surface area contributed by atoms with Crippen LogP contribution >= 0.6 is 15.9 Å². The highest BCUT2D eigenvalue weighted by atomic mass is 79.9. The predicted molar refractivity (Wildman–Crippen MR) is 77.8 cm³/mol. The van der Waals surface area contributed by atoms with E-state index in [0.29, 0.717) is 6.54 Å². The number of aromatic nitrogens is 3. The molecule has 2 N–H and O–H groups in total. The van der Waals surface area contributed by atoms with Crippen LogP contribution in [0.1, 0.15) is 17.0 Å². The normalized spacial score (nSPS) is 11.1. The van der Waals surface area contributed by atoms with Gasteiger partial charge in [0.2, 0.25) is 0 Å². The Morgan fingerprint density at radius 1 is 1.05 bits per heavy atom. The SMILES string of the molecule is NCc1ccn2c(Cc3ccc(Br)cc3)nnc2c1. The molecule has 0 aliphatic heterocycles. The van der Waals surface area contributed by atoms with Crippen molar-refractivity contribution in [2.45, 2.75) is 13.0 Å². The van der Waals surface area contributed by atoms with Gasteiger partial charge >= 0.3 is 0 Å². The van der Waals surface area contributed by atoms with E-state index in [1.165, 1.54) is 5.56 Å².